The minimum atomic E-state index is -0.210. The Labute approximate surface area is 153 Å². The van der Waals surface area contributed by atoms with Gasteiger partial charge in [0.25, 0.3) is 5.91 Å². The van der Waals surface area contributed by atoms with Gasteiger partial charge in [0, 0.05) is 17.9 Å². The monoisotopic (exact) mass is 353 g/mol. The Hall–Kier alpha value is -2.86. The van der Waals surface area contributed by atoms with Gasteiger partial charge in [-0.05, 0) is 49.2 Å². The first-order chi connectivity index (χ1) is 12.7. The summed E-state index contributed by atoms with van der Waals surface area (Å²) in [5.41, 5.74) is 1.39. The zero-order valence-corrected chi connectivity index (χ0v) is 14.8. The molecule has 1 unspecified atom stereocenters. The first kappa shape index (κ1) is 17.9. The summed E-state index contributed by atoms with van der Waals surface area (Å²) >= 11 is 0. The van der Waals surface area contributed by atoms with E-state index in [-0.39, 0.29) is 12.0 Å². The molecule has 1 atom stereocenters. The topological polar surface area (TPSA) is 71.9 Å². The molecule has 1 amide bonds. The average Bonchev–Trinajstić information content (AvgIpc) is 3.21. The average molecular weight is 353 g/mol. The molecule has 26 heavy (non-hydrogen) atoms. The molecule has 6 nitrogen and oxygen atoms in total. The van der Waals surface area contributed by atoms with Crippen molar-refractivity contribution < 1.29 is 14.3 Å². The van der Waals surface area contributed by atoms with Crippen LogP contribution in [0.5, 0.6) is 5.75 Å². The molecular formula is C20H23N3O3. The number of carbonyl (C=O) groups excluding carboxylic acids is 1. The predicted octanol–water partition coefficient (Wildman–Crippen LogP) is 3.07. The molecule has 0 aliphatic carbocycles. The number of rotatable bonds is 5. The lowest BCUT2D eigenvalue weighted by atomic mass is 10.2. The number of ether oxygens (including phenoxy) is 2. The molecule has 0 bridgehead atoms. The quantitative estimate of drug-likeness (QED) is 0.640. The smallest absolute Gasteiger partial charge is 0.257 e. The largest absolute Gasteiger partial charge is 0.497 e. The molecule has 0 radical (unpaired) electrons. The maximum Gasteiger partial charge on any atom is 0.257 e. The van der Waals surface area contributed by atoms with E-state index >= 15 is 0 Å². The van der Waals surface area contributed by atoms with E-state index in [9.17, 15) is 4.79 Å². The number of hydrogen-bond acceptors (Lipinski definition) is 4. The highest BCUT2D eigenvalue weighted by Gasteiger charge is 2.16. The normalized spacial score (nSPS) is 17.0. The molecule has 1 saturated heterocycles. The zero-order chi connectivity index (χ0) is 18.2. The number of methoxy groups -OCH3 is 1. The van der Waals surface area contributed by atoms with Crippen LogP contribution in [0.2, 0.25) is 0 Å². The van der Waals surface area contributed by atoms with Gasteiger partial charge in [-0.2, -0.15) is 0 Å². The highest BCUT2D eigenvalue weighted by atomic mass is 16.5. The standard InChI is InChI=1S/C20H23N3O3/c1-25-17-11-9-16(10-12-17)22-20(21-14-18-8-5-13-26-18)23-19(24)15-6-3-2-4-7-15/h2-4,6-7,9-12,18H,5,8,13-14H2,1H3,(H2,21,22,23,24). The summed E-state index contributed by atoms with van der Waals surface area (Å²) in [5.74, 6) is 0.957. The Kier molecular flexibility index (Phi) is 6.22. The van der Waals surface area contributed by atoms with E-state index in [1.54, 1.807) is 19.2 Å². The van der Waals surface area contributed by atoms with Crippen molar-refractivity contribution in [1.82, 2.24) is 5.32 Å². The van der Waals surface area contributed by atoms with Crippen LogP contribution in [0, 0.1) is 0 Å². The lowest BCUT2D eigenvalue weighted by Gasteiger charge is -2.13. The van der Waals surface area contributed by atoms with Crippen LogP contribution in [0.3, 0.4) is 0 Å². The summed E-state index contributed by atoms with van der Waals surface area (Å²) in [4.78, 5) is 17.0. The molecular weight excluding hydrogens is 330 g/mol. The molecule has 2 N–H and O–H groups in total. The Morgan fingerprint density at radius 2 is 1.96 bits per heavy atom. The third kappa shape index (κ3) is 5.07. The van der Waals surface area contributed by atoms with Gasteiger partial charge >= 0.3 is 0 Å². The zero-order valence-electron chi connectivity index (χ0n) is 14.8. The minimum Gasteiger partial charge on any atom is -0.497 e. The Balaban J connectivity index is 1.71. The molecule has 3 rings (SSSR count). The molecule has 0 aromatic heterocycles. The number of anilines is 1. The van der Waals surface area contributed by atoms with Crippen LogP contribution < -0.4 is 15.4 Å². The summed E-state index contributed by atoms with van der Waals surface area (Å²) in [6.07, 6.45) is 2.15. The van der Waals surface area contributed by atoms with Crippen molar-refractivity contribution >= 4 is 17.6 Å². The number of guanidine groups is 1. The number of nitrogens with zero attached hydrogens (tertiary/aromatic N) is 1. The lowest BCUT2D eigenvalue weighted by molar-refractivity contribution is 0.0975. The van der Waals surface area contributed by atoms with Gasteiger partial charge in [-0.25, -0.2) is 4.99 Å². The van der Waals surface area contributed by atoms with Crippen molar-refractivity contribution in [3.8, 4) is 5.75 Å². The Bertz CT molecular complexity index is 739. The van der Waals surface area contributed by atoms with E-state index in [1.165, 1.54) is 0 Å². The highest BCUT2D eigenvalue weighted by Crippen LogP contribution is 2.15. The van der Waals surface area contributed by atoms with Crippen molar-refractivity contribution in [3.63, 3.8) is 0 Å². The third-order valence-electron chi connectivity index (χ3n) is 4.10. The van der Waals surface area contributed by atoms with Gasteiger partial charge in [0.1, 0.15) is 5.75 Å². The van der Waals surface area contributed by atoms with Crippen molar-refractivity contribution in [2.75, 3.05) is 25.6 Å². The second-order valence-corrected chi connectivity index (χ2v) is 6.00. The van der Waals surface area contributed by atoms with Gasteiger partial charge in [-0.1, -0.05) is 18.2 Å². The van der Waals surface area contributed by atoms with Crippen LogP contribution in [-0.2, 0) is 4.74 Å². The molecule has 1 fully saturated rings. The van der Waals surface area contributed by atoms with Gasteiger partial charge < -0.3 is 14.8 Å². The number of hydrogen-bond donors (Lipinski definition) is 2. The molecule has 1 aliphatic heterocycles. The van der Waals surface area contributed by atoms with Gasteiger partial charge in [0.2, 0.25) is 5.96 Å². The van der Waals surface area contributed by atoms with E-state index < -0.39 is 0 Å². The van der Waals surface area contributed by atoms with Crippen LogP contribution in [-0.4, -0.2) is 38.2 Å². The molecule has 1 aliphatic rings. The maximum atomic E-state index is 12.5. The Morgan fingerprint density at radius 3 is 2.62 bits per heavy atom. The number of benzene rings is 2. The van der Waals surface area contributed by atoms with Crippen LogP contribution in [0.4, 0.5) is 5.69 Å². The van der Waals surface area contributed by atoms with Crippen LogP contribution in [0.25, 0.3) is 0 Å². The van der Waals surface area contributed by atoms with Gasteiger partial charge in [-0.15, -0.1) is 0 Å². The van der Waals surface area contributed by atoms with E-state index in [1.807, 2.05) is 42.5 Å². The fourth-order valence-electron chi connectivity index (χ4n) is 2.67. The molecule has 0 saturated carbocycles. The molecule has 1 heterocycles. The molecule has 136 valence electrons. The summed E-state index contributed by atoms with van der Waals surface area (Å²) in [6, 6.07) is 16.5. The molecule has 6 heteroatoms. The second-order valence-electron chi connectivity index (χ2n) is 6.00. The van der Waals surface area contributed by atoms with Crippen molar-refractivity contribution in [2.24, 2.45) is 4.99 Å². The second kappa shape index (κ2) is 9.01. The van der Waals surface area contributed by atoms with Crippen molar-refractivity contribution in [3.05, 3.63) is 60.2 Å². The van der Waals surface area contributed by atoms with Crippen LogP contribution >= 0.6 is 0 Å². The number of aliphatic imine (C=N–C) groups is 1. The van der Waals surface area contributed by atoms with E-state index in [4.69, 9.17) is 9.47 Å². The fraction of sp³-hybridized carbons (Fsp3) is 0.300. The highest BCUT2D eigenvalue weighted by molar-refractivity contribution is 6.09. The number of amides is 1. The van der Waals surface area contributed by atoms with Crippen LogP contribution in [0.15, 0.2) is 59.6 Å². The number of nitrogens with one attached hydrogen (secondary N) is 2. The lowest BCUT2D eigenvalue weighted by Crippen LogP contribution is -2.36. The summed E-state index contributed by atoms with van der Waals surface area (Å²) in [6.45, 7) is 1.28. The van der Waals surface area contributed by atoms with E-state index in [0.717, 1.165) is 30.9 Å². The van der Waals surface area contributed by atoms with E-state index in [2.05, 4.69) is 15.6 Å². The summed E-state index contributed by atoms with van der Waals surface area (Å²) < 4.78 is 10.8. The maximum absolute atomic E-state index is 12.5. The first-order valence-electron chi connectivity index (χ1n) is 8.68. The minimum absolute atomic E-state index is 0.108. The van der Waals surface area contributed by atoms with Crippen molar-refractivity contribution in [2.45, 2.75) is 18.9 Å². The van der Waals surface area contributed by atoms with Gasteiger partial charge in [-0.3, -0.25) is 10.1 Å². The molecule has 2 aromatic rings. The summed E-state index contributed by atoms with van der Waals surface area (Å²) in [5, 5.41) is 6.01. The summed E-state index contributed by atoms with van der Waals surface area (Å²) in [7, 11) is 1.62. The number of carbonyl (C=O) groups is 1. The molecule has 0 spiro atoms. The van der Waals surface area contributed by atoms with Crippen molar-refractivity contribution in [1.29, 1.82) is 0 Å². The van der Waals surface area contributed by atoms with Gasteiger partial charge in [0.15, 0.2) is 0 Å². The van der Waals surface area contributed by atoms with Gasteiger partial charge in [0.05, 0.1) is 19.8 Å². The first-order valence-corrected chi connectivity index (χ1v) is 8.68. The molecule has 2 aromatic carbocycles. The fourth-order valence-corrected chi connectivity index (χ4v) is 2.67. The third-order valence-corrected chi connectivity index (χ3v) is 4.10. The van der Waals surface area contributed by atoms with E-state index in [0.29, 0.717) is 18.1 Å². The van der Waals surface area contributed by atoms with Crippen LogP contribution in [0.1, 0.15) is 23.2 Å². The Morgan fingerprint density at radius 1 is 1.19 bits per heavy atom. The SMILES string of the molecule is COc1ccc(NC(=NCC2CCCO2)NC(=O)c2ccccc2)cc1. The predicted molar refractivity (Wildman–Crippen MR) is 102 cm³/mol.